The first-order chi connectivity index (χ1) is 40.0. The molecular weight excluding hydrogens is 995 g/mol. The second kappa shape index (κ2) is 71.1. The minimum Gasteiger partial charge on any atom is -0.466 e. The van der Waals surface area contributed by atoms with Crippen LogP contribution in [-0.4, -0.2) is 47.4 Å². The normalized spacial score (nSPS) is 12.5. The largest absolute Gasteiger partial charge is 0.466 e. The molecule has 0 aromatic heterocycles. The minimum absolute atomic E-state index is 0.0188. The molecule has 6 heteroatoms. The van der Waals surface area contributed by atoms with E-state index >= 15 is 0 Å². The molecule has 0 aromatic rings. The Hall–Kier alpha value is -1.40. The summed E-state index contributed by atoms with van der Waals surface area (Å²) in [4.78, 5) is 24.6. The maximum absolute atomic E-state index is 12.5. The average Bonchev–Trinajstić information content (AvgIpc) is 3.47. The maximum Gasteiger partial charge on any atom is 0.305 e. The van der Waals surface area contributed by atoms with Gasteiger partial charge in [0.25, 0.3) is 0 Å². The molecule has 3 N–H and O–H groups in total. The third-order valence-corrected chi connectivity index (χ3v) is 17.8. The third kappa shape index (κ3) is 67.6. The van der Waals surface area contributed by atoms with Crippen LogP contribution in [0.5, 0.6) is 0 Å². The zero-order chi connectivity index (χ0) is 58.5. The third-order valence-electron chi connectivity index (χ3n) is 17.8. The molecule has 81 heavy (non-hydrogen) atoms. The second-order valence-corrected chi connectivity index (χ2v) is 26.0. The fourth-order valence-electron chi connectivity index (χ4n) is 12.1. The summed E-state index contributed by atoms with van der Waals surface area (Å²) in [6, 6.07) is -0.628. The first-order valence-corrected chi connectivity index (χ1v) is 37.5. The summed E-state index contributed by atoms with van der Waals surface area (Å²) < 4.78 is 5.51. The van der Waals surface area contributed by atoms with E-state index in [1.54, 1.807) is 6.08 Å². The van der Waals surface area contributed by atoms with Crippen molar-refractivity contribution in [1.29, 1.82) is 0 Å². The monoisotopic (exact) mass is 1140 g/mol. The number of allylic oxidation sites excluding steroid dienone is 1. The topological polar surface area (TPSA) is 95.9 Å². The van der Waals surface area contributed by atoms with E-state index in [2.05, 4.69) is 19.2 Å². The highest BCUT2D eigenvalue weighted by atomic mass is 16.5. The van der Waals surface area contributed by atoms with Crippen molar-refractivity contribution >= 4 is 11.9 Å². The van der Waals surface area contributed by atoms with Crippen molar-refractivity contribution in [3.05, 3.63) is 12.2 Å². The summed E-state index contributed by atoms with van der Waals surface area (Å²) in [7, 11) is 0. The molecule has 2 atom stereocenters. The first kappa shape index (κ1) is 79.6. The molecule has 0 rings (SSSR count). The molecule has 482 valence electrons. The van der Waals surface area contributed by atoms with Crippen LogP contribution in [0, 0.1) is 0 Å². The smallest absolute Gasteiger partial charge is 0.305 e. The van der Waals surface area contributed by atoms with Gasteiger partial charge in [0, 0.05) is 12.8 Å². The fourth-order valence-corrected chi connectivity index (χ4v) is 12.1. The van der Waals surface area contributed by atoms with Crippen LogP contribution in [0.1, 0.15) is 431 Å². The Kier molecular flexibility index (Phi) is 69.9. The Morgan fingerprint density at radius 3 is 0.840 bits per heavy atom. The van der Waals surface area contributed by atoms with Gasteiger partial charge in [0.1, 0.15) is 0 Å². The van der Waals surface area contributed by atoms with Gasteiger partial charge in [-0.15, -0.1) is 0 Å². The number of esters is 1. The standard InChI is InChI=1S/C75H147NO5/c1-3-5-7-9-11-13-15-17-19-21-22-23-24-25-27-30-33-36-39-43-47-51-55-59-63-67-73(78)72(71-77)76-74(79)68-64-60-56-52-48-44-40-37-34-31-28-26-29-32-35-38-42-46-50-54-58-62-66-70-81-75(80)69-65-61-57-53-49-45-41-20-18-16-14-12-10-8-6-4-2/h63,67,72-73,77-78H,3-62,64-66,68-71H2,1-2H3,(H,76,79)/b67-63+. The lowest BCUT2D eigenvalue weighted by Gasteiger charge is -2.20. The van der Waals surface area contributed by atoms with Crippen LogP contribution in [0.4, 0.5) is 0 Å². The van der Waals surface area contributed by atoms with Crippen LogP contribution in [0.25, 0.3) is 0 Å². The zero-order valence-corrected chi connectivity index (χ0v) is 55.3. The van der Waals surface area contributed by atoms with Crippen LogP contribution >= 0.6 is 0 Å². The number of unbranched alkanes of at least 4 members (excludes halogenated alkanes) is 60. The van der Waals surface area contributed by atoms with Crippen LogP contribution in [-0.2, 0) is 14.3 Å². The Morgan fingerprint density at radius 2 is 0.568 bits per heavy atom. The SMILES string of the molecule is CCCCCCCCCCCCCCCCCCCCCCCCC/C=C/C(O)C(CO)NC(=O)CCCCCCCCCCCCCCCCCCCCCCCCCOC(=O)CCCCCCCCCCCCCCCCCC. The zero-order valence-electron chi connectivity index (χ0n) is 55.3. The predicted molar refractivity (Wildman–Crippen MR) is 357 cm³/mol. The Balaban J connectivity index is 3.38. The van der Waals surface area contributed by atoms with Crippen molar-refractivity contribution in [2.24, 2.45) is 0 Å². The van der Waals surface area contributed by atoms with E-state index in [1.807, 2.05) is 6.08 Å². The summed E-state index contributed by atoms with van der Waals surface area (Å²) in [5.74, 6) is -0.0431. The van der Waals surface area contributed by atoms with Gasteiger partial charge < -0.3 is 20.3 Å². The van der Waals surface area contributed by atoms with Gasteiger partial charge >= 0.3 is 5.97 Å². The number of rotatable bonds is 71. The molecule has 0 spiro atoms. The molecular formula is C75H147NO5. The Bertz CT molecular complexity index is 1220. The number of amides is 1. The van der Waals surface area contributed by atoms with E-state index in [-0.39, 0.29) is 18.5 Å². The highest BCUT2D eigenvalue weighted by Gasteiger charge is 2.18. The van der Waals surface area contributed by atoms with E-state index in [1.165, 1.54) is 366 Å². The van der Waals surface area contributed by atoms with Gasteiger partial charge in [-0.05, 0) is 32.1 Å². The number of ether oxygens (including phenoxy) is 1. The summed E-state index contributed by atoms with van der Waals surface area (Å²) in [6.45, 7) is 4.96. The fraction of sp³-hybridized carbons (Fsp3) is 0.947. The van der Waals surface area contributed by atoms with Crippen molar-refractivity contribution in [3.63, 3.8) is 0 Å². The number of aliphatic hydroxyl groups excluding tert-OH is 2. The molecule has 0 fully saturated rings. The van der Waals surface area contributed by atoms with Gasteiger partial charge in [-0.1, -0.05) is 398 Å². The molecule has 6 nitrogen and oxygen atoms in total. The highest BCUT2D eigenvalue weighted by molar-refractivity contribution is 5.76. The minimum atomic E-state index is -0.845. The number of hydrogen-bond donors (Lipinski definition) is 3. The molecule has 2 unspecified atom stereocenters. The summed E-state index contributed by atoms with van der Waals surface area (Å²) >= 11 is 0. The second-order valence-electron chi connectivity index (χ2n) is 26.0. The number of nitrogens with one attached hydrogen (secondary N) is 1. The molecule has 0 aliphatic heterocycles. The maximum atomic E-state index is 12.5. The van der Waals surface area contributed by atoms with Crippen molar-refractivity contribution in [1.82, 2.24) is 5.32 Å². The quantitative estimate of drug-likeness (QED) is 0.0320. The van der Waals surface area contributed by atoms with Crippen LogP contribution < -0.4 is 5.32 Å². The molecule has 0 aliphatic rings. The molecule has 1 amide bonds. The number of aliphatic hydroxyl groups is 2. The summed E-state index contributed by atoms with van der Waals surface area (Å²) in [5.41, 5.74) is 0. The van der Waals surface area contributed by atoms with E-state index in [4.69, 9.17) is 4.74 Å². The molecule has 0 aliphatic carbocycles. The van der Waals surface area contributed by atoms with Gasteiger partial charge in [0.15, 0.2) is 0 Å². The van der Waals surface area contributed by atoms with Gasteiger partial charge in [0.05, 0.1) is 25.4 Å². The number of carbonyl (C=O) groups is 2. The number of hydrogen-bond acceptors (Lipinski definition) is 5. The molecule has 0 radical (unpaired) electrons. The van der Waals surface area contributed by atoms with E-state index in [9.17, 15) is 19.8 Å². The number of carbonyl (C=O) groups excluding carboxylic acids is 2. The lowest BCUT2D eigenvalue weighted by Crippen LogP contribution is -2.45. The van der Waals surface area contributed by atoms with Crippen molar-refractivity contribution < 1.29 is 24.5 Å². The van der Waals surface area contributed by atoms with E-state index in [0.717, 1.165) is 38.5 Å². The van der Waals surface area contributed by atoms with Crippen LogP contribution in [0.15, 0.2) is 12.2 Å². The predicted octanol–water partition coefficient (Wildman–Crippen LogP) is 24.3. The van der Waals surface area contributed by atoms with Crippen molar-refractivity contribution in [2.45, 2.75) is 443 Å². The van der Waals surface area contributed by atoms with E-state index < -0.39 is 12.1 Å². The molecule has 0 bridgehead atoms. The highest BCUT2D eigenvalue weighted by Crippen LogP contribution is 2.20. The lowest BCUT2D eigenvalue weighted by atomic mass is 10.0. The van der Waals surface area contributed by atoms with Gasteiger partial charge in [0.2, 0.25) is 5.91 Å². The van der Waals surface area contributed by atoms with Gasteiger partial charge in [-0.25, -0.2) is 0 Å². The molecule has 0 heterocycles. The molecule has 0 saturated carbocycles. The molecule has 0 aromatic carbocycles. The Morgan fingerprint density at radius 1 is 0.333 bits per heavy atom. The van der Waals surface area contributed by atoms with Gasteiger partial charge in [-0.3, -0.25) is 9.59 Å². The average molecular weight is 1140 g/mol. The Labute approximate surface area is 508 Å². The molecule has 0 saturated heterocycles. The van der Waals surface area contributed by atoms with Crippen LogP contribution in [0.3, 0.4) is 0 Å². The van der Waals surface area contributed by atoms with Crippen LogP contribution in [0.2, 0.25) is 0 Å². The van der Waals surface area contributed by atoms with Crippen molar-refractivity contribution in [2.75, 3.05) is 13.2 Å². The summed E-state index contributed by atoms with van der Waals surface area (Å²) in [6.07, 6.45) is 88.8. The summed E-state index contributed by atoms with van der Waals surface area (Å²) in [5, 5.41) is 23.3. The van der Waals surface area contributed by atoms with E-state index in [0.29, 0.717) is 19.4 Å². The lowest BCUT2D eigenvalue weighted by molar-refractivity contribution is -0.143. The first-order valence-electron chi connectivity index (χ1n) is 37.5. The van der Waals surface area contributed by atoms with Crippen molar-refractivity contribution in [3.8, 4) is 0 Å². The van der Waals surface area contributed by atoms with Gasteiger partial charge in [-0.2, -0.15) is 0 Å².